The van der Waals surface area contributed by atoms with Crippen molar-refractivity contribution in [1.29, 1.82) is 0 Å². The lowest BCUT2D eigenvalue weighted by atomic mass is 9.86. The highest BCUT2D eigenvalue weighted by Gasteiger charge is 2.26. The standard InChI is InChI=1S/C20H25N3O2/c1-15-8-10-17(11-9-15)22(2)20(25)18-12-13-19(24)23(21-18)14-16-6-4-3-5-7-16/h3-7,12-13,15,17H,8-11,14H2,1-2H3. The van der Waals surface area contributed by atoms with E-state index in [9.17, 15) is 9.59 Å². The molecule has 0 N–H and O–H groups in total. The average Bonchev–Trinajstić information content (AvgIpc) is 2.64. The van der Waals surface area contributed by atoms with Crippen molar-refractivity contribution in [2.45, 2.75) is 45.2 Å². The average molecular weight is 339 g/mol. The van der Waals surface area contributed by atoms with Crippen LogP contribution in [0.4, 0.5) is 0 Å². The van der Waals surface area contributed by atoms with Gasteiger partial charge in [0.25, 0.3) is 11.5 Å². The summed E-state index contributed by atoms with van der Waals surface area (Å²) in [6.45, 7) is 2.63. The summed E-state index contributed by atoms with van der Waals surface area (Å²) >= 11 is 0. The third-order valence-corrected chi connectivity index (χ3v) is 5.11. The molecule has 1 aliphatic rings. The molecule has 0 spiro atoms. The van der Waals surface area contributed by atoms with Crippen LogP contribution in [0.1, 0.15) is 48.7 Å². The molecule has 0 radical (unpaired) electrons. The number of hydrogen-bond donors (Lipinski definition) is 0. The highest BCUT2D eigenvalue weighted by molar-refractivity contribution is 5.92. The number of aromatic nitrogens is 2. The maximum absolute atomic E-state index is 12.8. The van der Waals surface area contributed by atoms with E-state index in [1.807, 2.05) is 37.4 Å². The zero-order valence-electron chi connectivity index (χ0n) is 14.9. The molecule has 1 amide bonds. The molecule has 0 bridgehead atoms. The molecule has 0 aliphatic heterocycles. The molecule has 25 heavy (non-hydrogen) atoms. The minimum absolute atomic E-state index is 0.110. The fourth-order valence-corrected chi connectivity index (χ4v) is 3.41. The summed E-state index contributed by atoms with van der Waals surface area (Å²) in [7, 11) is 1.84. The Labute approximate surface area is 148 Å². The Morgan fingerprint density at radius 3 is 2.48 bits per heavy atom. The number of amides is 1. The molecule has 1 aromatic carbocycles. The van der Waals surface area contributed by atoms with E-state index in [4.69, 9.17) is 0 Å². The SMILES string of the molecule is CC1CCC(N(C)C(=O)c2ccc(=O)n(Cc3ccccc3)n2)CC1. The summed E-state index contributed by atoms with van der Waals surface area (Å²) < 4.78 is 1.36. The Balaban J connectivity index is 1.76. The van der Waals surface area contributed by atoms with Crippen LogP contribution in [-0.4, -0.2) is 33.7 Å². The van der Waals surface area contributed by atoms with Gasteiger partial charge in [-0.3, -0.25) is 9.59 Å². The van der Waals surface area contributed by atoms with Crippen molar-refractivity contribution in [2.75, 3.05) is 7.05 Å². The lowest BCUT2D eigenvalue weighted by molar-refractivity contribution is 0.0671. The van der Waals surface area contributed by atoms with Crippen LogP contribution < -0.4 is 5.56 Å². The third-order valence-electron chi connectivity index (χ3n) is 5.11. The summed E-state index contributed by atoms with van der Waals surface area (Å²) in [6.07, 6.45) is 4.38. The Morgan fingerprint density at radius 2 is 1.80 bits per heavy atom. The van der Waals surface area contributed by atoms with E-state index in [-0.39, 0.29) is 17.5 Å². The van der Waals surface area contributed by atoms with Crippen LogP contribution in [0.25, 0.3) is 0 Å². The van der Waals surface area contributed by atoms with Gasteiger partial charge in [-0.05, 0) is 43.2 Å². The minimum atomic E-state index is -0.199. The Bertz CT molecular complexity index is 777. The van der Waals surface area contributed by atoms with Crippen molar-refractivity contribution in [3.8, 4) is 0 Å². The molecular formula is C20H25N3O2. The quantitative estimate of drug-likeness (QED) is 0.860. The van der Waals surface area contributed by atoms with Crippen molar-refractivity contribution in [3.05, 3.63) is 64.1 Å². The largest absolute Gasteiger partial charge is 0.337 e. The van der Waals surface area contributed by atoms with Crippen molar-refractivity contribution in [3.63, 3.8) is 0 Å². The number of carbonyl (C=O) groups is 1. The number of carbonyl (C=O) groups excluding carboxylic acids is 1. The summed E-state index contributed by atoms with van der Waals surface area (Å²) in [5, 5.41) is 4.31. The van der Waals surface area contributed by atoms with Crippen LogP contribution in [0, 0.1) is 5.92 Å². The van der Waals surface area contributed by atoms with Crippen molar-refractivity contribution >= 4 is 5.91 Å². The van der Waals surface area contributed by atoms with Gasteiger partial charge in [0.2, 0.25) is 0 Å². The van der Waals surface area contributed by atoms with Crippen molar-refractivity contribution in [2.24, 2.45) is 5.92 Å². The van der Waals surface area contributed by atoms with E-state index in [2.05, 4.69) is 12.0 Å². The highest BCUT2D eigenvalue weighted by atomic mass is 16.2. The molecule has 1 saturated carbocycles. The monoisotopic (exact) mass is 339 g/mol. The molecule has 0 atom stereocenters. The molecule has 132 valence electrons. The molecule has 0 saturated heterocycles. The molecule has 5 nitrogen and oxygen atoms in total. The third kappa shape index (κ3) is 4.16. The first kappa shape index (κ1) is 17.4. The number of rotatable bonds is 4. The lowest BCUT2D eigenvalue weighted by Crippen LogP contribution is -2.40. The van der Waals surface area contributed by atoms with Crippen molar-refractivity contribution < 1.29 is 4.79 Å². The maximum Gasteiger partial charge on any atom is 0.274 e. The van der Waals surface area contributed by atoms with E-state index in [0.29, 0.717) is 12.2 Å². The second-order valence-corrected chi connectivity index (χ2v) is 7.03. The second-order valence-electron chi connectivity index (χ2n) is 7.03. The van der Waals surface area contributed by atoms with Gasteiger partial charge >= 0.3 is 0 Å². The fourth-order valence-electron chi connectivity index (χ4n) is 3.41. The molecule has 3 rings (SSSR count). The first-order valence-corrected chi connectivity index (χ1v) is 8.94. The van der Waals surface area contributed by atoms with E-state index in [1.165, 1.54) is 16.8 Å². The summed E-state index contributed by atoms with van der Waals surface area (Å²) in [5.74, 6) is 0.631. The van der Waals surface area contributed by atoms with Crippen LogP contribution in [0.2, 0.25) is 0 Å². The van der Waals surface area contributed by atoms with Crippen LogP contribution in [0.3, 0.4) is 0 Å². The van der Waals surface area contributed by atoms with Crippen LogP contribution >= 0.6 is 0 Å². The smallest absolute Gasteiger partial charge is 0.274 e. The zero-order chi connectivity index (χ0) is 17.8. The lowest BCUT2D eigenvalue weighted by Gasteiger charge is -2.33. The van der Waals surface area contributed by atoms with E-state index < -0.39 is 0 Å². The van der Waals surface area contributed by atoms with Gasteiger partial charge in [0.05, 0.1) is 6.54 Å². The first-order valence-electron chi connectivity index (χ1n) is 8.94. The molecule has 1 aromatic heterocycles. The molecule has 1 fully saturated rings. The molecule has 5 heteroatoms. The fraction of sp³-hybridized carbons (Fsp3) is 0.450. The predicted molar refractivity (Wildman–Crippen MR) is 97.6 cm³/mol. The summed E-state index contributed by atoms with van der Waals surface area (Å²) in [4.78, 5) is 26.7. The normalized spacial score (nSPS) is 20.2. The van der Waals surface area contributed by atoms with E-state index in [0.717, 1.165) is 37.2 Å². The Hall–Kier alpha value is -2.43. The van der Waals surface area contributed by atoms with Gasteiger partial charge in [-0.25, -0.2) is 4.68 Å². The molecule has 2 aromatic rings. The van der Waals surface area contributed by atoms with Gasteiger partial charge in [0, 0.05) is 19.2 Å². The van der Waals surface area contributed by atoms with Gasteiger partial charge in [-0.15, -0.1) is 0 Å². The molecular weight excluding hydrogens is 314 g/mol. The Morgan fingerprint density at radius 1 is 1.12 bits per heavy atom. The van der Waals surface area contributed by atoms with Gasteiger partial charge in [0.1, 0.15) is 5.69 Å². The molecule has 0 unspecified atom stereocenters. The van der Waals surface area contributed by atoms with Gasteiger partial charge < -0.3 is 4.90 Å². The zero-order valence-corrected chi connectivity index (χ0v) is 14.9. The summed E-state index contributed by atoms with van der Waals surface area (Å²) in [6, 6.07) is 12.9. The molecule has 1 aliphatic carbocycles. The van der Waals surface area contributed by atoms with Crippen LogP contribution in [0.15, 0.2) is 47.3 Å². The number of benzene rings is 1. The molecule has 1 heterocycles. The van der Waals surface area contributed by atoms with Gasteiger partial charge in [0.15, 0.2) is 0 Å². The van der Waals surface area contributed by atoms with E-state index in [1.54, 1.807) is 4.90 Å². The maximum atomic E-state index is 12.8. The van der Waals surface area contributed by atoms with Crippen LogP contribution in [0.5, 0.6) is 0 Å². The van der Waals surface area contributed by atoms with Gasteiger partial charge in [-0.2, -0.15) is 5.10 Å². The van der Waals surface area contributed by atoms with E-state index >= 15 is 0 Å². The summed E-state index contributed by atoms with van der Waals surface area (Å²) in [5.41, 5.74) is 1.11. The number of hydrogen-bond acceptors (Lipinski definition) is 3. The van der Waals surface area contributed by atoms with Crippen molar-refractivity contribution in [1.82, 2.24) is 14.7 Å². The first-order chi connectivity index (χ1) is 12.0. The number of nitrogens with zero attached hydrogens (tertiary/aromatic N) is 3. The van der Waals surface area contributed by atoms with Gasteiger partial charge in [-0.1, -0.05) is 37.3 Å². The predicted octanol–water partition coefficient (Wildman–Crippen LogP) is 2.94. The Kier molecular flexibility index (Phi) is 5.31. The highest BCUT2D eigenvalue weighted by Crippen LogP contribution is 2.26. The topological polar surface area (TPSA) is 55.2 Å². The minimum Gasteiger partial charge on any atom is -0.337 e. The second kappa shape index (κ2) is 7.64. The van der Waals surface area contributed by atoms with Crippen LogP contribution in [-0.2, 0) is 6.54 Å².